The second-order valence-electron chi connectivity index (χ2n) is 6.86. The molecule has 3 rings (SSSR count). The van der Waals surface area contributed by atoms with Crippen molar-refractivity contribution >= 4 is 34.5 Å². The number of benzene rings is 1. The molecule has 1 unspecified atom stereocenters. The third-order valence-corrected chi connectivity index (χ3v) is 5.66. The van der Waals surface area contributed by atoms with Gasteiger partial charge in [-0.2, -0.15) is 0 Å². The molecular formula is C20H26N4O2S. The quantitative estimate of drug-likeness (QED) is 0.801. The average Bonchev–Trinajstić information content (AvgIpc) is 3.17. The van der Waals surface area contributed by atoms with Crippen LogP contribution in [-0.2, 0) is 9.59 Å². The summed E-state index contributed by atoms with van der Waals surface area (Å²) in [5, 5.41) is 7.73. The summed E-state index contributed by atoms with van der Waals surface area (Å²) in [6.07, 6.45) is 0.209. The van der Waals surface area contributed by atoms with Crippen LogP contribution in [0.5, 0.6) is 0 Å². The van der Waals surface area contributed by atoms with E-state index in [1.807, 2.05) is 41.8 Å². The van der Waals surface area contributed by atoms with Gasteiger partial charge in [0.05, 0.1) is 12.5 Å². The number of hydrogen-bond acceptors (Lipinski definition) is 5. The van der Waals surface area contributed by atoms with Crippen molar-refractivity contribution in [3.8, 4) is 0 Å². The lowest BCUT2D eigenvalue weighted by Gasteiger charge is -2.34. The number of hydrogen-bond donors (Lipinski definition) is 2. The number of anilines is 2. The van der Waals surface area contributed by atoms with Gasteiger partial charge in [0.2, 0.25) is 11.8 Å². The van der Waals surface area contributed by atoms with Crippen molar-refractivity contribution in [1.82, 2.24) is 10.2 Å². The Morgan fingerprint density at radius 1 is 1.11 bits per heavy atom. The van der Waals surface area contributed by atoms with Crippen molar-refractivity contribution in [2.24, 2.45) is 0 Å². The highest BCUT2D eigenvalue weighted by molar-refractivity contribution is 7.10. The highest BCUT2D eigenvalue weighted by atomic mass is 32.1. The number of amides is 2. The number of thiophene rings is 1. The summed E-state index contributed by atoms with van der Waals surface area (Å²) in [6.45, 7) is 5.62. The highest BCUT2D eigenvalue weighted by Crippen LogP contribution is 2.23. The lowest BCUT2D eigenvalue weighted by Crippen LogP contribution is -2.44. The molecule has 1 aliphatic heterocycles. The molecule has 6 nitrogen and oxygen atoms in total. The SMILES string of the molecule is CC(=O)NC(CC(=O)Nc1ccc(N2CCN(C)CC2)cc1)c1cccs1. The van der Waals surface area contributed by atoms with Gasteiger partial charge in [-0.25, -0.2) is 0 Å². The Morgan fingerprint density at radius 2 is 1.81 bits per heavy atom. The normalized spacial score (nSPS) is 16.0. The fourth-order valence-corrected chi connectivity index (χ4v) is 3.95. The van der Waals surface area contributed by atoms with E-state index in [-0.39, 0.29) is 24.3 Å². The number of piperazine rings is 1. The van der Waals surface area contributed by atoms with Crippen LogP contribution in [0.3, 0.4) is 0 Å². The van der Waals surface area contributed by atoms with Gasteiger partial charge in [0.25, 0.3) is 0 Å². The number of nitrogens with one attached hydrogen (secondary N) is 2. The molecular weight excluding hydrogens is 360 g/mol. The molecule has 2 amide bonds. The fourth-order valence-electron chi connectivity index (χ4n) is 3.18. The van der Waals surface area contributed by atoms with Crippen LogP contribution < -0.4 is 15.5 Å². The Bertz CT molecular complexity index is 753. The van der Waals surface area contributed by atoms with Crippen molar-refractivity contribution in [3.05, 3.63) is 46.7 Å². The molecule has 2 heterocycles. The van der Waals surface area contributed by atoms with Crippen molar-refractivity contribution in [1.29, 1.82) is 0 Å². The van der Waals surface area contributed by atoms with Crippen LogP contribution in [0, 0.1) is 0 Å². The molecule has 7 heteroatoms. The van der Waals surface area contributed by atoms with Crippen LogP contribution in [0.15, 0.2) is 41.8 Å². The van der Waals surface area contributed by atoms with E-state index >= 15 is 0 Å². The first-order valence-corrected chi connectivity index (χ1v) is 10.0. The first-order chi connectivity index (χ1) is 13.0. The van der Waals surface area contributed by atoms with Gasteiger partial charge in [-0.05, 0) is 42.8 Å². The number of carbonyl (C=O) groups is 2. The van der Waals surface area contributed by atoms with E-state index in [9.17, 15) is 9.59 Å². The number of likely N-dealkylation sites (N-methyl/N-ethyl adjacent to an activating group) is 1. The molecule has 2 N–H and O–H groups in total. The lowest BCUT2D eigenvalue weighted by molar-refractivity contribution is -0.120. The molecule has 0 bridgehead atoms. The second kappa shape index (κ2) is 9.01. The monoisotopic (exact) mass is 386 g/mol. The third kappa shape index (κ3) is 5.55. The van der Waals surface area contributed by atoms with Crippen LogP contribution in [0.4, 0.5) is 11.4 Å². The number of carbonyl (C=O) groups excluding carboxylic acids is 2. The minimum absolute atomic E-state index is 0.116. The lowest BCUT2D eigenvalue weighted by atomic mass is 10.1. The van der Waals surface area contributed by atoms with Crippen molar-refractivity contribution in [2.45, 2.75) is 19.4 Å². The summed E-state index contributed by atoms with van der Waals surface area (Å²) in [7, 11) is 2.14. The van der Waals surface area contributed by atoms with E-state index in [1.165, 1.54) is 23.9 Å². The summed E-state index contributed by atoms with van der Waals surface area (Å²) < 4.78 is 0. The Labute approximate surface area is 164 Å². The molecule has 0 radical (unpaired) electrons. The van der Waals surface area contributed by atoms with Gasteiger partial charge in [0, 0.05) is 49.4 Å². The van der Waals surface area contributed by atoms with Gasteiger partial charge in [-0.3, -0.25) is 9.59 Å². The van der Waals surface area contributed by atoms with Crippen molar-refractivity contribution in [3.63, 3.8) is 0 Å². The Balaban J connectivity index is 1.57. The predicted octanol–water partition coefficient (Wildman–Crippen LogP) is 2.71. The molecule has 1 atom stereocenters. The molecule has 1 saturated heterocycles. The summed E-state index contributed by atoms with van der Waals surface area (Å²) in [5.41, 5.74) is 1.95. The van der Waals surface area contributed by atoms with Gasteiger partial charge >= 0.3 is 0 Å². The van der Waals surface area contributed by atoms with E-state index in [0.29, 0.717) is 0 Å². The minimum atomic E-state index is -0.299. The maximum Gasteiger partial charge on any atom is 0.226 e. The Morgan fingerprint density at radius 3 is 2.41 bits per heavy atom. The molecule has 27 heavy (non-hydrogen) atoms. The zero-order valence-corrected chi connectivity index (χ0v) is 16.6. The van der Waals surface area contributed by atoms with Crippen LogP contribution in [0.2, 0.25) is 0 Å². The van der Waals surface area contributed by atoms with Gasteiger partial charge < -0.3 is 20.4 Å². The maximum absolute atomic E-state index is 12.4. The van der Waals surface area contributed by atoms with Crippen LogP contribution in [0.1, 0.15) is 24.3 Å². The number of rotatable bonds is 6. The van der Waals surface area contributed by atoms with E-state index in [2.05, 4.69) is 27.5 Å². The molecule has 0 saturated carbocycles. The smallest absolute Gasteiger partial charge is 0.226 e. The second-order valence-corrected chi connectivity index (χ2v) is 7.84. The van der Waals surface area contributed by atoms with Crippen LogP contribution >= 0.6 is 11.3 Å². The van der Waals surface area contributed by atoms with Gasteiger partial charge in [-0.1, -0.05) is 6.07 Å². The van der Waals surface area contributed by atoms with Gasteiger partial charge in [0.15, 0.2) is 0 Å². The predicted molar refractivity (Wildman–Crippen MR) is 110 cm³/mol. The molecule has 0 spiro atoms. The summed E-state index contributed by atoms with van der Waals surface area (Å²) >= 11 is 1.54. The summed E-state index contributed by atoms with van der Waals surface area (Å²) in [4.78, 5) is 29.6. The zero-order chi connectivity index (χ0) is 19.2. The minimum Gasteiger partial charge on any atom is -0.369 e. The van der Waals surface area contributed by atoms with Gasteiger partial charge in [0.1, 0.15) is 0 Å². The van der Waals surface area contributed by atoms with Crippen molar-refractivity contribution in [2.75, 3.05) is 43.4 Å². The topological polar surface area (TPSA) is 64.7 Å². The first kappa shape index (κ1) is 19.4. The standard InChI is InChI=1S/C20H26N4O2S/c1-15(25)21-18(19-4-3-13-27-19)14-20(26)22-16-5-7-17(8-6-16)24-11-9-23(2)10-12-24/h3-8,13,18H,9-12,14H2,1-2H3,(H,21,25)(H,22,26). The summed E-state index contributed by atoms with van der Waals surface area (Å²) in [6, 6.07) is 11.5. The van der Waals surface area contributed by atoms with E-state index in [0.717, 1.165) is 36.7 Å². The largest absolute Gasteiger partial charge is 0.369 e. The van der Waals surface area contributed by atoms with Crippen molar-refractivity contribution < 1.29 is 9.59 Å². The average molecular weight is 387 g/mol. The molecule has 0 aliphatic carbocycles. The zero-order valence-electron chi connectivity index (χ0n) is 15.8. The molecule has 1 fully saturated rings. The first-order valence-electron chi connectivity index (χ1n) is 9.15. The maximum atomic E-state index is 12.4. The molecule has 1 aliphatic rings. The molecule has 1 aromatic carbocycles. The van der Waals surface area contributed by atoms with E-state index < -0.39 is 0 Å². The van der Waals surface area contributed by atoms with E-state index in [4.69, 9.17) is 0 Å². The Hall–Kier alpha value is -2.38. The molecule has 144 valence electrons. The number of nitrogens with zero attached hydrogens (tertiary/aromatic N) is 2. The van der Waals surface area contributed by atoms with Gasteiger partial charge in [-0.15, -0.1) is 11.3 Å². The molecule has 2 aromatic rings. The van der Waals surface area contributed by atoms with E-state index in [1.54, 1.807) is 0 Å². The fraction of sp³-hybridized carbons (Fsp3) is 0.400. The summed E-state index contributed by atoms with van der Waals surface area (Å²) in [5.74, 6) is -0.257. The molecule has 1 aromatic heterocycles. The van der Waals surface area contributed by atoms with Crippen LogP contribution in [0.25, 0.3) is 0 Å². The Kier molecular flexibility index (Phi) is 6.47. The highest BCUT2D eigenvalue weighted by Gasteiger charge is 2.18. The van der Waals surface area contributed by atoms with Crippen LogP contribution in [-0.4, -0.2) is 49.9 Å². The third-order valence-electron chi connectivity index (χ3n) is 4.67.